The van der Waals surface area contributed by atoms with Gasteiger partial charge >= 0.3 is 0 Å². The molecule has 1 nitrogen and oxygen atoms in total. The Morgan fingerprint density at radius 1 is 1.13 bits per heavy atom. The third-order valence-corrected chi connectivity index (χ3v) is 2.71. The molecule has 0 aliphatic heterocycles. The van der Waals surface area contributed by atoms with Crippen molar-refractivity contribution in [1.82, 2.24) is 0 Å². The van der Waals surface area contributed by atoms with Gasteiger partial charge in [0, 0.05) is 6.61 Å². The van der Waals surface area contributed by atoms with E-state index in [9.17, 15) is 5.11 Å². The van der Waals surface area contributed by atoms with E-state index in [0.717, 1.165) is 12.8 Å². The summed E-state index contributed by atoms with van der Waals surface area (Å²) in [5.74, 6) is 1.07. The Bertz CT molecular complexity index is 274. The van der Waals surface area contributed by atoms with E-state index in [1.165, 1.54) is 11.1 Å². The largest absolute Gasteiger partial charge is 0.396 e. The van der Waals surface area contributed by atoms with Gasteiger partial charge in [-0.1, -0.05) is 43.7 Å². The van der Waals surface area contributed by atoms with Gasteiger partial charge in [0.2, 0.25) is 0 Å². The van der Waals surface area contributed by atoms with Crippen LogP contribution in [0.5, 0.6) is 0 Å². The van der Waals surface area contributed by atoms with E-state index in [2.05, 4.69) is 45.0 Å². The summed E-state index contributed by atoms with van der Waals surface area (Å²) in [5, 5.41) is 9.29. The van der Waals surface area contributed by atoms with Crippen LogP contribution < -0.4 is 0 Å². The van der Waals surface area contributed by atoms with Gasteiger partial charge in [0.25, 0.3) is 0 Å². The van der Waals surface area contributed by atoms with Crippen LogP contribution in [0.25, 0.3) is 0 Å². The minimum Gasteiger partial charge on any atom is -0.396 e. The molecule has 1 N–H and O–H groups in total. The fourth-order valence-corrected chi connectivity index (χ4v) is 1.95. The molecule has 1 rings (SSSR count). The molecule has 0 spiro atoms. The number of hydrogen-bond acceptors (Lipinski definition) is 1. The lowest BCUT2D eigenvalue weighted by Gasteiger charge is -2.16. The van der Waals surface area contributed by atoms with Gasteiger partial charge in [0.15, 0.2) is 0 Å². The van der Waals surface area contributed by atoms with Crippen molar-refractivity contribution in [2.45, 2.75) is 33.6 Å². The smallest absolute Gasteiger partial charge is 0.0462 e. The molecule has 0 fully saturated rings. The van der Waals surface area contributed by atoms with Crippen molar-refractivity contribution < 1.29 is 5.11 Å². The maximum atomic E-state index is 9.29. The fourth-order valence-electron chi connectivity index (χ4n) is 1.95. The molecule has 1 atom stereocenters. The van der Waals surface area contributed by atoms with Crippen molar-refractivity contribution in [3.05, 3.63) is 35.4 Å². The normalized spacial score (nSPS) is 13.1. The van der Waals surface area contributed by atoms with Gasteiger partial charge in [-0.25, -0.2) is 0 Å². The second kappa shape index (κ2) is 5.92. The summed E-state index contributed by atoms with van der Waals surface area (Å²) < 4.78 is 0. The van der Waals surface area contributed by atoms with Gasteiger partial charge in [-0.3, -0.25) is 0 Å². The highest BCUT2D eigenvalue weighted by Gasteiger charge is 2.10. The fraction of sp³-hybridized carbons (Fsp3) is 0.571. The van der Waals surface area contributed by atoms with Gasteiger partial charge in [0.05, 0.1) is 0 Å². The van der Waals surface area contributed by atoms with Crippen LogP contribution in [-0.4, -0.2) is 11.7 Å². The molecule has 84 valence electrons. The Balaban J connectivity index is 2.54. The lowest BCUT2D eigenvalue weighted by molar-refractivity contribution is 0.205. The molecular weight excluding hydrogens is 184 g/mol. The predicted molar refractivity (Wildman–Crippen MR) is 64.9 cm³/mol. The van der Waals surface area contributed by atoms with E-state index >= 15 is 0 Å². The highest BCUT2D eigenvalue weighted by atomic mass is 16.3. The monoisotopic (exact) mass is 206 g/mol. The van der Waals surface area contributed by atoms with Crippen molar-refractivity contribution >= 4 is 0 Å². The molecule has 0 aromatic heterocycles. The molecule has 0 unspecified atom stereocenters. The SMILES string of the molecule is Cc1ccc(C[C@@H](CO)CC(C)C)cc1. The number of rotatable bonds is 5. The van der Waals surface area contributed by atoms with Crippen molar-refractivity contribution in [2.24, 2.45) is 11.8 Å². The summed E-state index contributed by atoms with van der Waals surface area (Å²) >= 11 is 0. The van der Waals surface area contributed by atoms with Gasteiger partial charge in [-0.2, -0.15) is 0 Å². The molecular formula is C14H22O. The maximum absolute atomic E-state index is 9.29. The first kappa shape index (κ1) is 12.3. The van der Waals surface area contributed by atoms with Gasteiger partial charge < -0.3 is 5.11 Å². The van der Waals surface area contributed by atoms with E-state index in [0.29, 0.717) is 18.4 Å². The summed E-state index contributed by atoms with van der Waals surface area (Å²) in [4.78, 5) is 0. The minimum absolute atomic E-state index is 0.298. The van der Waals surface area contributed by atoms with E-state index in [1.807, 2.05) is 0 Å². The third kappa shape index (κ3) is 4.48. The Hall–Kier alpha value is -0.820. The summed E-state index contributed by atoms with van der Waals surface area (Å²) in [6, 6.07) is 8.61. The van der Waals surface area contributed by atoms with Crippen LogP contribution in [0, 0.1) is 18.8 Å². The van der Waals surface area contributed by atoms with E-state index in [-0.39, 0.29) is 0 Å². The summed E-state index contributed by atoms with van der Waals surface area (Å²) in [7, 11) is 0. The molecule has 1 aromatic rings. The Morgan fingerprint density at radius 2 is 1.73 bits per heavy atom. The van der Waals surface area contributed by atoms with Crippen LogP contribution in [-0.2, 0) is 6.42 Å². The topological polar surface area (TPSA) is 20.2 Å². The minimum atomic E-state index is 0.298. The molecule has 0 radical (unpaired) electrons. The van der Waals surface area contributed by atoms with Crippen LogP contribution in [0.3, 0.4) is 0 Å². The molecule has 0 amide bonds. The Morgan fingerprint density at radius 3 is 2.20 bits per heavy atom. The third-order valence-electron chi connectivity index (χ3n) is 2.71. The summed E-state index contributed by atoms with van der Waals surface area (Å²) in [6.45, 7) is 6.81. The molecule has 0 aliphatic carbocycles. The number of aliphatic hydroxyl groups excluding tert-OH is 1. The van der Waals surface area contributed by atoms with Crippen LogP contribution in [0.1, 0.15) is 31.4 Å². The highest BCUT2D eigenvalue weighted by Crippen LogP contribution is 2.17. The first-order valence-electron chi connectivity index (χ1n) is 5.78. The second-order valence-electron chi connectivity index (χ2n) is 4.87. The summed E-state index contributed by atoms with van der Waals surface area (Å²) in [5.41, 5.74) is 2.63. The second-order valence-corrected chi connectivity index (χ2v) is 4.87. The zero-order valence-corrected chi connectivity index (χ0v) is 10.0. The lowest BCUT2D eigenvalue weighted by Crippen LogP contribution is -2.12. The Kier molecular flexibility index (Phi) is 4.83. The lowest BCUT2D eigenvalue weighted by atomic mass is 9.91. The van der Waals surface area contributed by atoms with Crippen molar-refractivity contribution in [3.8, 4) is 0 Å². The van der Waals surface area contributed by atoms with Crippen LogP contribution in [0.4, 0.5) is 0 Å². The first-order chi connectivity index (χ1) is 7.11. The zero-order chi connectivity index (χ0) is 11.3. The number of hydrogen-bond donors (Lipinski definition) is 1. The first-order valence-corrected chi connectivity index (χ1v) is 5.78. The van der Waals surface area contributed by atoms with E-state index in [4.69, 9.17) is 0 Å². The molecule has 0 bridgehead atoms. The van der Waals surface area contributed by atoms with Gasteiger partial charge in [-0.05, 0) is 37.2 Å². The highest BCUT2D eigenvalue weighted by molar-refractivity contribution is 5.21. The maximum Gasteiger partial charge on any atom is 0.0462 e. The van der Waals surface area contributed by atoms with Crippen LogP contribution >= 0.6 is 0 Å². The summed E-state index contributed by atoms with van der Waals surface area (Å²) in [6.07, 6.45) is 2.10. The van der Waals surface area contributed by atoms with Gasteiger partial charge in [-0.15, -0.1) is 0 Å². The number of aryl methyl sites for hydroxylation is 1. The van der Waals surface area contributed by atoms with Crippen molar-refractivity contribution in [1.29, 1.82) is 0 Å². The van der Waals surface area contributed by atoms with Crippen LogP contribution in [0.2, 0.25) is 0 Å². The molecule has 0 aliphatic rings. The van der Waals surface area contributed by atoms with E-state index in [1.54, 1.807) is 0 Å². The number of benzene rings is 1. The molecule has 15 heavy (non-hydrogen) atoms. The predicted octanol–water partition coefficient (Wildman–Crippen LogP) is 3.19. The van der Waals surface area contributed by atoms with Crippen LogP contribution in [0.15, 0.2) is 24.3 Å². The molecule has 0 saturated carbocycles. The molecule has 1 aromatic carbocycles. The average molecular weight is 206 g/mol. The number of aliphatic hydroxyl groups is 1. The Labute approximate surface area is 93.1 Å². The average Bonchev–Trinajstić information content (AvgIpc) is 2.19. The molecule has 1 heteroatoms. The quantitative estimate of drug-likeness (QED) is 0.784. The van der Waals surface area contributed by atoms with Gasteiger partial charge in [0.1, 0.15) is 0 Å². The zero-order valence-electron chi connectivity index (χ0n) is 10.0. The van der Waals surface area contributed by atoms with Crippen molar-refractivity contribution in [2.75, 3.05) is 6.61 Å². The van der Waals surface area contributed by atoms with E-state index < -0.39 is 0 Å². The van der Waals surface area contributed by atoms with Crippen molar-refractivity contribution in [3.63, 3.8) is 0 Å². The molecule has 0 saturated heterocycles. The molecule has 0 heterocycles. The standard InChI is InChI=1S/C14H22O/c1-11(2)8-14(10-15)9-13-6-4-12(3)5-7-13/h4-7,11,14-15H,8-10H2,1-3H3/t14-/m0/s1.